The van der Waals surface area contributed by atoms with Gasteiger partial charge in [-0.2, -0.15) is 0 Å². The summed E-state index contributed by atoms with van der Waals surface area (Å²) in [5.74, 6) is -2.33. The van der Waals surface area contributed by atoms with E-state index < -0.39 is 17.8 Å². The van der Waals surface area contributed by atoms with Crippen LogP contribution in [0.1, 0.15) is 110 Å². The first-order chi connectivity index (χ1) is 12.6. The summed E-state index contributed by atoms with van der Waals surface area (Å²) in [7, 11) is 0. The molecule has 0 bridgehead atoms. The van der Waals surface area contributed by atoms with Crippen molar-refractivity contribution in [3.05, 3.63) is 12.2 Å². The number of amides is 1. The summed E-state index contributed by atoms with van der Waals surface area (Å²) in [5, 5.41) is 8.99. The van der Waals surface area contributed by atoms with Gasteiger partial charge in [0.1, 0.15) is 0 Å². The van der Waals surface area contributed by atoms with Gasteiger partial charge in [-0.15, -0.1) is 0 Å². The van der Waals surface area contributed by atoms with Crippen LogP contribution in [0.2, 0.25) is 0 Å². The van der Waals surface area contributed by atoms with Gasteiger partial charge in [0.2, 0.25) is 5.91 Å². The topological polar surface area (TPSA) is 115 Å². The summed E-state index contributed by atoms with van der Waals surface area (Å²) in [6, 6.07) is 0. The van der Waals surface area contributed by atoms with Gasteiger partial charge in [0, 0.05) is 6.42 Å². The maximum atomic E-state index is 11.0. The molecule has 0 aliphatic rings. The fourth-order valence-electron chi connectivity index (χ4n) is 3.17. The summed E-state index contributed by atoms with van der Waals surface area (Å²) in [6.45, 7) is 2.26. The van der Waals surface area contributed by atoms with E-state index in [1.54, 1.807) is 6.08 Å². The zero-order chi connectivity index (χ0) is 19.5. The van der Waals surface area contributed by atoms with Crippen molar-refractivity contribution in [1.29, 1.82) is 0 Å². The predicted octanol–water partition coefficient (Wildman–Crippen LogP) is 6.15. The number of hydrogen-bond acceptors (Lipinski definition) is 3. The zero-order valence-electron chi connectivity index (χ0n) is 17.6. The normalized spacial score (nSPS) is 12.0. The van der Waals surface area contributed by atoms with Crippen molar-refractivity contribution in [3.8, 4) is 0 Å². The van der Waals surface area contributed by atoms with E-state index in [0.29, 0.717) is 0 Å². The molecule has 160 valence electrons. The number of carbonyl (C=O) groups excluding carboxylic acids is 1. The Bertz CT molecular complexity index is 384. The number of unbranched alkanes of at least 4 members (excludes halogenated alkanes) is 14. The summed E-state index contributed by atoms with van der Waals surface area (Å²) in [6.07, 6.45) is 22.9. The molecule has 0 saturated carbocycles. The molecular weight excluding hydrogens is 340 g/mol. The Labute approximate surface area is 166 Å². The van der Waals surface area contributed by atoms with E-state index in [4.69, 9.17) is 10.8 Å². The van der Waals surface area contributed by atoms with Crippen LogP contribution in [-0.2, 0) is 9.59 Å². The molecule has 0 aliphatic heterocycles. The van der Waals surface area contributed by atoms with Gasteiger partial charge in [0.15, 0.2) is 0 Å². The van der Waals surface area contributed by atoms with Crippen LogP contribution < -0.4 is 11.9 Å². The minimum absolute atomic E-state index is 0. The van der Waals surface area contributed by atoms with Crippen LogP contribution in [0.3, 0.4) is 0 Å². The molecule has 0 aromatic rings. The van der Waals surface area contributed by atoms with E-state index in [2.05, 4.69) is 6.92 Å². The number of carboxylic acid groups (broad SMARTS) is 1. The van der Waals surface area contributed by atoms with Gasteiger partial charge >= 0.3 is 5.97 Å². The molecule has 0 aliphatic carbocycles. The van der Waals surface area contributed by atoms with Crippen molar-refractivity contribution < 1.29 is 14.7 Å². The third-order valence-corrected chi connectivity index (χ3v) is 4.83. The number of hydrogen-bond donors (Lipinski definition) is 3. The van der Waals surface area contributed by atoms with Gasteiger partial charge < -0.3 is 17.0 Å². The van der Waals surface area contributed by atoms with E-state index in [0.717, 1.165) is 12.8 Å². The van der Waals surface area contributed by atoms with Crippen LogP contribution >= 0.6 is 0 Å². The van der Waals surface area contributed by atoms with Crippen molar-refractivity contribution in [2.75, 3.05) is 0 Å². The second-order valence-electron chi connectivity index (χ2n) is 7.43. The minimum atomic E-state index is -0.985. The number of carbonyl (C=O) groups is 2. The number of allylic oxidation sites excluding steroid dienone is 1. The van der Waals surface area contributed by atoms with Gasteiger partial charge in [0.25, 0.3) is 0 Å². The van der Waals surface area contributed by atoms with Crippen LogP contribution in [0.5, 0.6) is 0 Å². The molecule has 1 amide bonds. The number of nitrogens with two attached hydrogens (primary N) is 1. The fraction of sp³-hybridized carbons (Fsp3) is 0.818. The summed E-state index contributed by atoms with van der Waals surface area (Å²) >= 11 is 0. The number of rotatable bonds is 19. The Morgan fingerprint density at radius 2 is 1.22 bits per heavy atom. The third-order valence-electron chi connectivity index (χ3n) is 4.83. The average molecular weight is 385 g/mol. The Morgan fingerprint density at radius 1 is 0.815 bits per heavy atom. The monoisotopic (exact) mass is 384 g/mol. The van der Waals surface area contributed by atoms with Crippen LogP contribution in [-0.4, -0.2) is 17.0 Å². The first-order valence-electron chi connectivity index (χ1n) is 10.8. The summed E-state index contributed by atoms with van der Waals surface area (Å²) in [5.41, 5.74) is 5.06. The van der Waals surface area contributed by atoms with E-state index in [1.165, 1.54) is 83.5 Å². The number of carboxylic acids is 1. The van der Waals surface area contributed by atoms with Crippen LogP contribution in [0.25, 0.3) is 0 Å². The van der Waals surface area contributed by atoms with Crippen LogP contribution in [0.15, 0.2) is 12.2 Å². The summed E-state index contributed by atoms with van der Waals surface area (Å²) < 4.78 is 0. The quantitative estimate of drug-likeness (QED) is 0.183. The fourth-order valence-corrected chi connectivity index (χ4v) is 3.17. The highest BCUT2D eigenvalue weighted by Gasteiger charge is 2.15. The molecule has 0 fully saturated rings. The molecule has 5 heteroatoms. The molecule has 5 nitrogen and oxygen atoms in total. The molecule has 0 rings (SSSR count). The largest absolute Gasteiger partial charge is 0.481 e. The van der Waals surface area contributed by atoms with E-state index in [1.807, 2.05) is 6.08 Å². The Morgan fingerprint density at radius 3 is 1.59 bits per heavy atom. The van der Waals surface area contributed by atoms with Gasteiger partial charge in [-0.25, -0.2) is 0 Å². The van der Waals surface area contributed by atoms with Crippen LogP contribution in [0.4, 0.5) is 0 Å². The third kappa shape index (κ3) is 20.8. The molecule has 0 aromatic carbocycles. The van der Waals surface area contributed by atoms with Crippen molar-refractivity contribution >= 4 is 11.9 Å². The molecule has 0 heterocycles. The van der Waals surface area contributed by atoms with Crippen molar-refractivity contribution in [3.63, 3.8) is 0 Å². The molecule has 0 radical (unpaired) electrons. The Kier molecular flexibility index (Phi) is 21.6. The first-order valence-corrected chi connectivity index (χ1v) is 10.8. The second kappa shape index (κ2) is 20.9. The highest BCUT2D eigenvalue weighted by atomic mass is 16.4. The van der Waals surface area contributed by atoms with Gasteiger partial charge in [0.05, 0.1) is 5.92 Å². The number of aliphatic carboxylic acids is 1. The highest BCUT2D eigenvalue weighted by Crippen LogP contribution is 2.14. The molecule has 1 atom stereocenters. The van der Waals surface area contributed by atoms with E-state index in [-0.39, 0.29) is 12.6 Å². The maximum Gasteiger partial charge on any atom is 0.310 e. The Balaban J connectivity index is 0. The SMILES string of the molecule is CCCCCCCCCCCCCCCCC=CC(CC(N)=O)C(=O)O.N. The molecule has 0 aromatic heterocycles. The van der Waals surface area contributed by atoms with E-state index >= 15 is 0 Å². The molecule has 1 unspecified atom stereocenters. The van der Waals surface area contributed by atoms with Crippen molar-refractivity contribution in [2.24, 2.45) is 11.7 Å². The molecule has 27 heavy (non-hydrogen) atoms. The van der Waals surface area contributed by atoms with Crippen molar-refractivity contribution in [1.82, 2.24) is 6.15 Å². The number of primary amides is 1. The second-order valence-corrected chi connectivity index (χ2v) is 7.43. The predicted molar refractivity (Wildman–Crippen MR) is 114 cm³/mol. The lowest BCUT2D eigenvalue weighted by Gasteiger charge is -2.04. The lowest BCUT2D eigenvalue weighted by atomic mass is 10.0. The van der Waals surface area contributed by atoms with E-state index in [9.17, 15) is 9.59 Å². The van der Waals surface area contributed by atoms with Gasteiger partial charge in [-0.3, -0.25) is 9.59 Å². The first kappa shape index (κ1) is 27.9. The van der Waals surface area contributed by atoms with Crippen LogP contribution in [0, 0.1) is 5.92 Å². The molecule has 6 N–H and O–H groups in total. The highest BCUT2D eigenvalue weighted by molar-refractivity contribution is 5.82. The summed E-state index contributed by atoms with van der Waals surface area (Å²) in [4.78, 5) is 21.8. The molecule has 0 saturated heterocycles. The van der Waals surface area contributed by atoms with Gasteiger partial charge in [-0.1, -0.05) is 103 Å². The minimum Gasteiger partial charge on any atom is -0.481 e. The molecule has 0 spiro atoms. The zero-order valence-corrected chi connectivity index (χ0v) is 17.6. The Hall–Kier alpha value is -1.36. The van der Waals surface area contributed by atoms with Gasteiger partial charge in [-0.05, 0) is 12.8 Å². The smallest absolute Gasteiger partial charge is 0.310 e. The lowest BCUT2D eigenvalue weighted by molar-refractivity contribution is -0.141. The lowest BCUT2D eigenvalue weighted by Crippen LogP contribution is -2.20. The average Bonchev–Trinajstić information content (AvgIpc) is 2.59. The molecular formula is C22H44N2O3. The standard InChI is InChI=1S/C22H41NO3.H3N/c1-2-3-4-5-6-7-8-9-10-11-12-13-14-15-16-17-18-20(22(25)26)19-21(23)24;/h17-18,20H,2-16,19H2,1H3,(H2,23,24)(H,25,26);1H3. The van der Waals surface area contributed by atoms with Crippen molar-refractivity contribution in [2.45, 2.75) is 110 Å². The maximum absolute atomic E-state index is 11.0.